The minimum absolute atomic E-state index is 0.0304. The van der Waals surface area contributed by atoms with Crippen molar-refractivity contribution >= 4 is 102 Å². The second-order valence-corrected chi connectivity index (χ2v) is 28.2. The molecule has 6 aromatic rings. The molecule has 32 nitrogen and oxygen atoms in total. The predicted octanol–water partition coefficient (Wildman–Crippen LogP) is 7.85. The van der Waals surface area contributed by atoms with Crippen LogP contribution in [0.1, 0.15) is 82.9 Å². The number of carboxylic acid groups (broad SMARTS) is 1. The van der Waals surface area contributed by atoms with Gasteiger partial charge < -0.3 is 87.7 Å². The quantitative estimate of drug-likeness (QED) is 0.0168. The van der Waals surface area contributed by atoms with Gasteiger partial charge in [0.05, 0.1) is 91.9 Å². The fourth-order valence-electron chi connectivity index (χ4n) is 10.1. The van der Waals surface area contributed by atoms with Crippen LogP contribution in [0.25, 0.3) is 11.3 Å². The molecular formula is C69H87F2N15O17S2. The van der Waals surface area contributed by atoms with E-state index in [2.05, 4.69) is 72.2 Å². The summed E-state index contributed by atoms with van der Waals surface area (Å²) in [6, 6.07) is 19.8. The molecule has 105 heavy (non-hydrogen) atoms. The minimum atomic E-state index is -4.19. The lowest BCUT2D eigenvalue weighted by molar-refractivity contribution is -0.137. The maximum atomic E-state index is 15.2. The largest absolute Gasteiger partial charge is 0.494 e. The number of nitrogens with zero attached hydrogens (tertiary/aromatic N) is 3. The van der Waals surface area contributed by atoms with E-state index in [1.165, 1.54) is 85.1 Å². The van der Waals surface area contributed by atoms with Crippen LogP contribution in [-0.4, -0.2) is 166 Å². The van der Waals surface area contributed by atoms with Crippen molar-refractivity contribution < 1.29 is 88.6 Å². The average molecular weight is 1500 g/mol. The van der Waals surface area contributed by atoms with Crippen molar-refractivity contribution in [3.05, 3.63) is 138 Å². The van der Waals surface area contributed by atoms with Crippen molar-refractivity contribution in [2.75, 3.05) is 105 Å². The maximum absolute atomic E-state index is 15.2. The number of urea groups is 4. The lowest BCUT2D eigenvalue weighted by Crippen LogP contribution is -2.53. The van der Waals surface area contributed by atoms with Crippen LogP contribution in [0.5, 0.6) is 11.5 Å². The highest BCUT2D eigenvalue weighted by atomic mass is 32.2. The number of aromatic nitrogens is 2. The smallest absolute Gasteiger partial charge is 0.319 e. The topological polar surface area (TPSA) is 451 Å². The van der Waals surface area contributed by atoms with Gasteiger partial charge in [0.1, 0.15) is 35.1 Å². The molecule has 11 amide bonds. The second-order valence-electron chi connectivity index (χ2n) is 24.2. The first-order valence-electron chi connectivity index (χ1n) is 33.5. The van der Waals surface area contributed by atoms with E-state index in [9.17, 15) is 60.5 Å². The lowest BCUT2D eigenvalue weighted by atomic mass is 10.0. The number of primary amides is 1. The van der Waals surface area contributed by atoms with Gasteiger partial charge in [-0.3, -0.25) is 23.9 Å². The number of benzene rings is 5. The number of aliphatic carboxylic acids is 1. The third-order valence-electron chi connectivity index (χ3n) is 15.1. The van der Waals surface area contributed by atoms with E-state index >= 15 is 4.39 Å². The highest BCUT2D eigenvalue weighted by Crippen LogP contribution is 2.34. The van der Waals surface area contributed by atoms with Gasteiger partial charge in [0.2, 0.25) is 17.8 Å². The van der Waals surface area contributed by atoms with E-state index in [-0.39, 0.29) is 136 Å². The van der Waals surface area contributed by atoms with Crippen LogP contribution in [-0.2, 0) is 58.9 Å². The van der Waals surface area contributed by atoms with Crippen molar-refractivity contribution in [3.8, 4) is 22.8 Å². The molecule has 4 atom stereocenters. The Bertz CT molecular complexity index is 4250. The summed E-state index contributed by atoms with van der Waals surface area (Å²) in [4.78, 5) is 111. The Morgan fingerprint density at radius 3 is 2.06 bits per heavy atom. The maximum Gasteiger partial charge on any atom is 0.319 e. The Morgan fingerprint density at radius 2 is 1.36 bits per heavy atom. The first-order valence-corrected chi connectivity index (χ1v) is 37.1. The monoisotopic (exact) mass is 1500 g/mol. The normalized spacial score (nSPS) is 13.4. The molecule has 0 fully saturated rings. The number of rotatable bonds is 35. The number of sulfonamides is 1. The number of halogens is 2. The van der Waals surface area contributed by atoms with Crippen LogP contribution < -0.4 is 73.1 Å². The molecule has 0 unspecified atom stereocenters. The SMILES string of the molecule is CCCNC(=O)Nc1cccc(S(=O)(=O)Nc2cccc([C@H](CC(=O)O)NC(=O)Nc3ccc(NC(=O)NCCOCCOCCOCCC(=O)N[C@H](C(=O)N[C@@H](CCCNC(N)=O)C(=O)N=[S@@](C)(=O)Cc4cc5cc(c4)OCCCCOc4cc(F)ccc4-c4nc(ncc4F)N5)C(C)C)cc3)c2)c1. The molecule has 0 radical (unpaired) electrons. The molecule has 36 heteroatoms. The summed E-state index contributed by atoms with van der Waals surface area (Å²) >= 11 is 0. The number of hydrogen-bond donors (Lipinski definition) is 13. The zero-order chi connectivity index (χ0) is 75.9. The first-order chi connectivity index (χ1) is 50.2. The van der Waals surface area contributed by atoms with E-state index in [1.807, 2.05) is 6.92 Å². The van der Waals surface area contributed by atoms with E-state index in [0.29, 0.717) is 54.2 Å². The van der Waals surface area contributed by atoms with Crippen molar-refractivity contribution in [1.29, 1.82) is 0 Å². The second kappa shape index (κ2) is 40.9. The molecule has 1 aliphatic heterocycles. The third-order valence-corrected chi connectivity index (χ3v) is 17.9. The Balaban J connectivity index is 0.793. The number of carboxylic acids is 1. The number of hydrogen-bond acceptors (Lipinski definition) is 19. The van der Waals surface area contributed by atoms with Gasteiger partial charge in [-0.05, 0) is 128 Å². The van der Waals surface area contributed by atoms with Crippen LogP contribution in [0.2, 0.25) is 0 Å². The summed E-state index contributed by atoms with van der Waals surface area (Å²) in [5, 5.41) is 36.2. The van der Waals surface area contributed by atoms with Gasteiger partial charge in [-0.1, -0.05) is 39.0 Å². The van der Waals surface area contributed by atoms with Crippen molar-refractivity contribution in [2.45, 2.75) is 94.5 Å². The van der Waals surface area contributed by atoms with Crippen molar-refractivity contribution in [3.63, 3.8) is 0 Å². The summed E-state index contributed by atoms with van der Waals surface area (Å²) < 4.78 is 106. The molecular weight excluding hydrogens is 1410 g/mol. The van der Waals surface area contributed by atoms with Crippen molar-refractivity contribution in [2.24, 2.45) is 16.0 Å². The Morgan fingerprint density at radius 1 is 0.705 bits per heavy atom. The number of nitrogens with two attached hydrogens (primary N) is 1. The van der Waals surface area contributed by atoms with Gasteiger partial charge in [0.15, 0.2) is 5.82 Å². The van der Waals surface area contributed by atoms with E-state index in [0.717, 1.165) is 18.3 Å². The first kappa shape index (κ1) is 81.5. The molecule has 0 saturated carbocycles. The molecule has 7 rings (SSSR count). The molecule has 14 N–H and O–H groups in total. The number of carbonyl (C=O) groups is 8. The Kier molecular flexibility index (Phi) is 31.7. The predicted molar refractivity (Wildman–Crippen MR) is 387 cm³/mol. The fourth-order valence-corrected chi connectivity index (χ4v) is 12.6. The molecule has 0 aliphatic carbocycles. The lowest BCUT2D eigenvalue weighted by Gasteiger charge is -2.24. The standard InChI is InChI=1S/C69H87F2N15O17S2/c1-5-23-74-67(93)80-49-12-9-14-53(39-49)105(97,98)85-50-13-8-11-45(36-50)57(40-60(88)89)82-69(95)79-48-19-17-47(18-20-48)78-68(94)75-25-29-100-31-33-101-32-30-99-28-22-59(87)83-61(43(2)3)64(91)81-56(15-10-24-73-65(72)92)63(90)86-104(4,96)42-44-34-51-38-52(35-44)102-26-6-7-27-103-58-37-46(70)16-21-54(58)62-55(71)41-76-66(77-51)84-62/h8-9,11-14,16-21,34-39,41,43,56-57,61,85H,5-7,10,15,22-33,40,42H2,1-4H3,(H,81,91)(H,83,87)(H,88,89)(H3,72,73,92)(H2,74,80,93)(H2,75,78,94)(H,76,77,84)(H2,79,82,95)/t56-,57-,61-,104-/m0/s1. The van der Waals surface area contributed by atoms with Gasteiger partial charge in [-0.25, -0.2) is 50.6 Å². The number of fused-ring (bicyclic) bond motifs is 6. The molecule has 0 spiro atoms. The number of amides is 11. The van der Waals surface area contributed by atoms with Gasteiger partial charge in [-0.2, -0.15) is 4.36 Å². The summed E-state index contributed by atoms with van der Waals surface area (Å²) in [5.74, 6) is -5.16. The zero-order valence-electron chi connectivity index (χ0n) is 58.2. The number of ether oxygens (including phenoxy) is 5. The minimum Gasteiger partial charge on any atom is -0.494 e. The summed E-state index contributed by atoms with van der Waals surface area (Å²) in [5.41, 5.74) is 7.33. The van der Waals surface area contributed by atoms with Gasteiger partial charge in [0.25, 0.3) is 15.9 Å². The Hall–Kier alpha value is -10.8. The van der Waals surface area contributed by atoms with Crippen LogP contribution >= 0.6 is 0 Å². The number of anilines is 6. The van der Waals surface area contributed by atoms with Crippen LogP contribution in [0.4, 0.5) is 62.3 Å². The summed E-state index contributed by atoms with van der Waals surface area (Å²) in [6.07, 6.45) is 3.31. The highest BCUT2D eigenvalue weighted by molar-refractivity contribution is 7.93. The van der Waals surface area contributed by atoms with E-state index in [4.69, 9.17) is 29.4 Å². The molecule has 1 aromatic heterocycles. The molecule has 566 valence electrons. The molecule has 5 aromatic carbocycles. The van der Waals surface area contributed by atoms with E-state index < -0.39 is 110 Å². The van der Waals surface area contributed by atoms with Crippen LogP contribution in [0.3, 0.4) is 0 Å². The van der Waals surface area contributed by atoms with Gasteiger partial charge in [-0.15, -0.1) is 0 Å². The Labute approximate surface area is 605 Å². The zero-order valence-corrected chi connectivity index (χ0v) is 59.8. The van der Waals surface area contributed by atoms with E-state index in [1.54, 1.807) is 32.0 Å². The van der Waals surface area contributed by atoms with Crippen LogP contribution in [0.15, 0.2) is 125 Å². The number of carbonyl (C=O) groups excluding carboxylic acids is 7. The fraction of sp³-hybridized carbons (Fsp3) is 0.391. The molecule has 1 aliphatic rings. The molecule has 0 saturated heterocycles. The highest BCUT2D eigenvalue weighted by Gasteiger charge is 2.30. The molecule has 2 heterocycles. The van der Waals surface area contributed by atoms with Gasteiger partial charge >= 0.3 is 30.1 Å². The summed E-state index contributed by atoms with van der Waals surface area (Å²) in [6.45, 7) is 6.98. The molecule has 4 bridgehead atoms. The van der Waals surface area contributed by atoms with Crippen molar-refractivity contribution in [1.82, 2.24) is 41.9 Å². The third kappa shape index (κ3) is 28.4. The summed E-state index contributed by atoms with van der Waals surface area (Å²) in [7, 11) is -7.61. The average Bonchev–Trinajstić information content (AvgIpc) is 1.20. The number of nitrogens with one attached hydrogen (secondary N) is 11. The van der Waals surface area contributed by atoms with Gasteiger partial charge in [0, 0.05) is 78.4 Å². The van der Waals surface area contributed by atoms with Crippen LogP contribution in [0, 0.1) is 17.6 Å².